The van der Waals surface area contributed by atoms with Crippen LogP contribution in [0.15, 0.2) is 17.1 Å². The van der Waals surface area contributed by atoms with Crippen LogP contribution in [0.2, 0.25) is 0 Å². The van der Waals surface area contributed by atoms with E-state index in [1.54, 1.807) is 7.05 Å². The number of carbonyl (C=O) groups excluding carboxylic acids is 2. The number of likely N-dealkylation sites (N-methyl/N-ethyl adjacent to an activating group) is 2. The maximum Gasteiger partial charge on any atom is 0.325 e. The van der Waals surface area contributed by atoms with Gasteiger partial charge in [-0.25, -0.2) is 9.79 Å². The van der Waals surface area contributed by atoms with Gasteiger partial charge >= 0.3 is 6.03 Å². The quantitative estimate of drug-likeness (QED) is 0.685. The van der Waals surface area contributed by atoms with Crippen LogP contribution in [0.5, 0.6) is 0 Å². The van der Waals surface area contributed by atoms with Crippen molar-refractivity contribution in [2.24, 2.45) is 4.99 Å². The van der Waals surface area contributed by atoms with Crippen LogP contribution in [0.4, 0.5) is 4.79 Å². The fraction of sp³-hybridized carbons (Fsp3) is 0.667. The van der Waals surface area contributed by atoms with Crippen molar-refractivity contribution in [2.75, 3.05) is 46.8 Å². The second kappa shape index (κ2) is 5.84. The second-order valence-corrected chi connectivity index (χ2v) is 6.57. The Hall–Kier alpha value is -2.09. The number of guanidine groups is 1. The Balaban J connectivity index is 1.90. The van der Waals surface area contributed by atoms with E-state index in [4.69, 9.17) is 4.99 Å². The summed E-state index contributed by atoms with van der Waals surface area (Å²) in [5.74, 6) is 0.514. The van der Waals surface area contributed by atoms with Crippen LogP contribution < -0.4 is 5.32 Å². The summed E-state index contributed by atoms with van der Waals surface area (Å²) >= 11 is 0. The zero-order chi connectivity index (χ0) is 16.7. The molecule has 0 aromatic heterocycles. The molecule has 3 aliphatic heterocycles. The summed E-state index contributed by atoms with van der Waals surface area (Å²) in [5, 5.41) is 2.41. The number of rotatable bonds is 2. The van der Waals surface area contributed by atoms with Gasteiger partial charge in [0.25, 0.3) is 5.91 Å². The molecule has 0 radical (unpaired) electrons. The van der Waals surface area contributed by atoms with Crippen LogP contribution in [0, 0.1) is 0 Å². The second-order valence-electron chi connectivity index (χ2n) is 6.57. The number of piperazine rings is 1. The van der Waals surface area contributed by atoms with E-state index in [-0.39, 0.29) is 5.91 Å². The molecule has 3 heterocycles. The first-order chi connectivity index (χ1) is 10.9. The van der Waals surface area contributed by atoms with Crippen LogP contribution >= 0.6 is 0 Å². The van der Waals surface area contributed by atoms with Gasteiger partial charge in [0.15, 0.2) is 18.2 Å². The highest BCUT2D eigenvalue weighted by Gasteiger charge is 2.49. The summed E-state index contributed by atoms with van der Waals surface area (Å²) in [5.41, 5.74) is 0.958. The maximum atomic E-state index is 12.4. The Bertz CT molecular complexity index is 566. The molecule has 2 saturated heterocycles. The average molecular weight is 320 g/mol. The van der Waals surface area contributed by atoms with E-state index in [0.29, 0.717) is 6.54 Å². The van der Waals surface area contributed by atoms with E-state index in [1.807, 2.05) is 11.8 Å². The van der Waals surface area contributed by atoms with Gasteiger partial charge in [0.1, 0.15) is 0 Å². The smallest absolute Gasteiger partial charge is 0.325 e. The predicted molar refractivity (Wildman–Crippen MR) is 86.9 cm³/mol. The predicted octanol–water partition coefficient (Wildman–Crippen LogP) is -0.642. The van der Waals surface area contributed by atoms with Gasteiger partial charge in [0.2, 0.25) is 0 Å². The molecule has 23 heavy (non-hydrogen) atoms. The molecule has 2 unspecified atom stereocenters. The number of nitrogens with zero attached hydrogens (tertiary/aromatic N) is 5. The Morgan fingerprint density at radius 1 is 1.26 bits per heavy atom. The average Bonchev–Trinajstić information content (AvgIpc) is 2.85. The van der Waals surface area contributed by atoms with E-state index >= 15 is 0 Å². The zero-order valence-corrected chi connectivity index (χ0v) is 13.9. The standard InChI is InChI=1S/C15H24N6O2/c1-10(2)9-21-11-12(19(4)15(23)17-13(11)22)16-14(21)20-7-5-18(3)6-8-20/h11-12H,1,5-9H2,2-4H3,(H,17,22,23). The van der Waals surface area contributed by atoms with Gasteiger partial charge in [-0.3, -0.25) is 10.1 Å². The summed E-state index contributed by atoms with van der Waals surface area (Å²) in [7, 11) is 3.77. The summed E-state index contributed by atoms with van der Waals surface area (Å²) in [4.78, 5) is 36.9. The van der Waals surface area contributed by atoms with Gasteiger partial charge in [-0.2, -0.15) is 0 Å². The highest BCUT2D eigenvalue weighted by atomic mass is 16.2. The lowest BCUT2D eigenvalue weighted by Gasteiger charge is -2.39. The Morgan fingerprint density at radius 2 is 1.91 bits per heavy atom. The lowest BCUT2D eigenvalue weighted by Crippen LogP contribution is -2.64. The molecule has 0 saturated carbocycles. The lowest BCUT2D eigenvalue weighted by atomic mass is 10.1. The van der Waals surface area contributed by atoms with Crippen molar-refractivity contribution >= 4 is 17.9 Å². The number of nitrogens with one attached hydrogen (secondary N) is 1. The zero-order valence-electron chi connectivity index (χ0n) is 13.9. The van der Waals surface area contributed by atoms with E-state index in [1.165, 1.54) is 4.90 Å². The van der Waals surface area contributed by atoms with Crippen molar-refractivity contribution in [3.05, 3.63) is 12.2 Å². The molecule has 2 fully saturated rings. The number of imide groups is 1. The van der Waals surface area contributed by atoms with E-state index in [9.17, 15) is 9.59 Å². The third-order valence-corrected chi connectivity index (χ3v) is 4.57. The van der Waals surface area contributed by atoms with E-state index in [0.717, 1.165) is 37.7 Å². The maximum absolute atomic E-state index is 12.4. The summed E-state index contributed by atoms with van der Waals surface area (Å²) < 4.78 is 0. The van der Waals surface area contributed by atoms with Crippen LogP contribution in [0.1, 0.15) is 6.92 Å². The largest absolute Gasteiger partial charge is 0.340 e. The molecule has 0 aromatic rings. The minimum Gasteiger partial charge on any atom is -0.340 e. The van der Waals surface area contributed by atoms with Gasteiger partial charge in [-0.15, -0.1) is 0 Å². The number of urea groups is 1. The number of carbonyl (C=O) groups is 2. The molecular weight excluding hydrogens is 296 g/mol. The molecule has 0 aliphatic carbocycles. The molecule has 3 amide bonds. The molecule has 0 bridgehead atoms. The summed E-state index contributed by atoms with van der Waals surface area (Å²) in [6.45, 7) is 10.1. The van der Waals surface area contributed by atoms with Gasteiger partial charge in [0, 0.05) is 39.8 Å². The van der Waals surface area contributed by atoms with Crippen molar-refractivity contribution in [3.8, 4) is 0 Å². The first kappa shape index (κ1) is 15.8. The van der Waals surface area contributed by atoms with E-state index < -0.39 is 18.2 Å². The molecule has 1 N–H and O–H groups in total. The number of hydrogen-bond acceptors (Lipinski definition) is 6. The van der Waals surface area contributed by atoms with Crippen molar-refractivity contribution in [1.82, 2.24) is 24.9 Å². The van der Waals surface area contributed by atoms with Crippen molar-refractivity contribution in [2.45, 2.75) is 19.1 Å². The van der Waals surface area contributed by atoms with Crippen LogP contribution in [-0.2, 0) is 4.79 Å². The third-order valence-electron chi connectivity index (χ3n) is 4.57. The normalized spacial score (nSPS) is 28.7. The third kappa shape index (κ3) is 2.78. The first-order valence-corrected chi connectivity index (χ1v) is 7.88. The molecule has 8 nitrogen and oxygen atoms in total. The van der Waals surface area contributed by atoms with Gasteiger partial charge in [-0.1, -0.05) is 12.2 Å². The summed E-state index contributed by atoms with van der Waals surface area (Å²) in [6.07, 6.45) is -0.467. The number of fused-ring (bicyclic) bond motifs is 1. The fourth-order valence-corrected chi connectivity index (χ4v) is 3.24. The molecule has 8 heteroatoms. The van der Waals surface area contributed by atoms with Gasteiger partial charge < -0.3 is 19.6 Å². The summed E-state index contributed by atoms with van der Waals surface area (Å²) in [6, 6.07) is -0.876. The van der Waals surface area contributed by atoms with Crippen molar-refractivity contribution in [3.63, 3.8) is 0 Å². The molecule has 3 aliphatic rings. The first-order valence-electron chi connectivity index (χ1n) is 7.88. The van der Waals surface area contributed by atoms with Crippen LogP contribution in [0.25, 0.3) is 0 Å². The molecule has 2 atom stereocenters. The Kier molecular flexibility index (Phi) is 4.01. The van der Waals surface area contributed by atoms with Crippen LogP contribution in [-0.4, -0.2) is 96.5 Å². The molecular formula is C15H24N6O2. The molecule has 0 spiro atoms. The monoisotopic (exact) mass is 320 g/mol. The number of aliphatic imine (C=N–C) groups is 1. The topological polar surface area (TPSA) is 71.5 Å². The number of amides is 3. The fourth-order valence-electron chi connectivity index (χ4n) is 3.24. The minimum absolute atomic E-state index is 0.285. The highest BCUT2D eigenvalue weighted by molar-refractivity contribution is 6.03. The van der Waals surface area contributed by atoms with Crippen LogP contribution in [0.3, 0.4) is 0 Å². The molecule has 3 rings (SSSR count). The molecule has 126 valence electrons. The van der Waals surface area contributed by atoms with Gasteiger partial charge in [-0.05, 0) is 14.0 Å². The highest BCUT2D eigenvalue weighted by Crippen LogP contribution is 2.26. The van der Waals surface area contributed by atoms with Crippen molar-refractivity contribution in [1.29, 1.82) is 0 Å². The number of hydrogen-bond donors (Lipinski definition) is 1. The minimum atomic E-state index is -0.482. The SMILES string of the molecule is C=C(C)CN1C(N2CCN(C)CC2)=NC2C1C(=O)NC(=O)N2C. The Morgan fingerprint density at radius 3 is 2.52 bits per heavy atom. The lowest BCUT2D eigenvalue weighted by molar-refractivity contribution is -0.127. The van der Waals surface area contributed by atoms with Crippen molar-refractivity contribution < 1.29 is 9.59 Å². The van der Waals surface area contributed by atoms with Gasteiger partial charge in [0.05, 0.1) is 0 Å². The Labute approximate surface area is 136 Å². The molecule has 0 aromatic carbocycles. The van der Waals surface area contributed by atoms with E-state index in [2.05, 4.69) is 28.7 Å².